The molecule has 2 aromatic carbocycles. The molecule has 0 spiro atoms. The summed E-state index contributed by atoms with van der Waals surface area (Å²) in [6.07, 6.45) is 0.764. The Balaban J connectivity index is 1.21. The molecule has 0 atom stereocenters. The highest BCUT2D eigenvalue weighted by atomic mass is 16.5. The number of rotatable bonds is 7. The van der Waals surface area contributed by atoms with Crippen LogP contribution < -0.4 is 19.9 Å². The fraction of sp³-hybridized carbons (Fsp3) is 0.333. The molecule has 36 heavy (non-hydrogen) atoms. The average Bonchev–Trinajstić information content (AvgIpc) is 3.32. The van der Waals surface area contributed by atoms with E-state index in [0.717, 1.165) is 49.0 Å². The first-order valence-electron chi connectivity index (χ1n) is 12.2. The van der Waals surface area contributed by atoms with Crippen molar-refractivity contribution >= 4 is 28.7 Å². The summed E-state index contributed by atoms with van der Waals surface area (Å²) >= 11 is 0. The lowest BCUT2D eigenvalue weighted by Crippen LogP contribution is -2.47. The van der Waals surface area contributed by atoms with E-state index in [1.165, 1.54) is 11.3 Å². The van der Waals surface area contributed by atoms with Gasteiger partial charge in [-0.25, -0.2) is 0 Å². The van der Waals surface area contributed by atoms with Gasteiger partial charge in [0.05, 0.1) is 7.11 Å². The normalized spacial score (nSPS) is 13.8. The highest BCUT2D eigenvalue weighted by Gasteiger charge is 2.20. The van der Waals surface area contributed by atoms with Crippen LogP contribution in [0.4, 0.5) is 17.2 Å². The van der Waals surface area contributed by atoms with Crippen molar-refractivity contribution < 1.29 is 9.53 Å². The number of fused-ring (bicyclic) bond motifs is 1. The van der Waals surface area contributed by atoms with Crippen LogP contribution >= 0.6 is 0 Å². The first-order valence-corrected chi connectivity index (χ1v) is 12.2. The molecule has 2 aromatic heterocycles. The monoisotopic (exact) mass is 485 g/mol. The Hall–Kier alpha value is -4.14. The summed E-state index contributed by atoms with van der Waals surface area (Å²) in [5.41, 5.74) is 5.03. The van der Waals surface area contributed by atoms with Gasteiger partial charge in [0.25, 0.3) is 0 Å². The molecule has 0 bridgehead atoms. The van der Waals surface area contributed by atoms with Gasteiger partial charge < -0.3 is 19.9 Å². The molecule has 1 fully saturated rings. The van der Waals surface area contributed by atoms with Crippen molar-refractivity contribution in [2.75, 3.05) is 48.4 Å². The summed E-state index contributed by atoms with van der Waals surface area (Å²) in [5, 5.41) is 16.3. The highest BCUT2D eigenvalue weighted by Crippen LogP contribution is 2.22. The van der Waals surface area contributed by atoms with E-state index in [2.05, 4.69) is 44.4 Å². The largest absolute Gasteiger partial charge is 0.497 e. The van der Waals surface area contributed by atoms with Crippen molar-refractivity contribution in [1.29, 1.82) is 0 Å². The Morgan fingerprint density at radius 1 is 0.917 bits per heavy atom. The van der Waals surface area contributed by atoms with E-state index >= 15 is 0 Å². The molecular weight excluding hydrogens is 454 g/mol. The zero-order valence-electron chi connectivity index (χ0n) is 20.9. The Bertz CT molecular complexity index is 1360. The molecule has 9 heteroatoms. The predicted molar refractivity (Wildman–Crippen MR) is 141 cm³/mol. The van der Waals surface area contributed by atoms with E-state index in [-0.39, 0.29) is 5.91 Å². The van der Waals surface area contributed by atoms with Gasteiger partial charge in [-0.05, 0) is 73.5 Å². The number of nitrogens with zero attached hydrogens (tertiary/aromatic N) is 6. The number of aromatic nitrogens is 4. The van der Waals surface area contributed by atoms with Gasteiger partial charge in [-0.2, -0.15) is 4.52 Å². The van der Waals surface area contributed by atoms with Gasteiger partial charge in [0.15, 0.2) is 11.5 Å². The number of hydrogen-bond acceptors (Lipinski definition) is 7. The van der Waals surface area contributed by atoms with E-state index in [1.807, 2.05) is 49.4 Å². The van der Waals surface area contributed by atoms with Crippen molar-refractivity contribution in [3.05, 3.63) is 71.5 Å². The lowest BCUT2D eigenvalue weighted by atomic mass is 10.1. The first-order chi connectivity index (χ1) is 17.5. The highest BCUT2D eigenvalue weighted by molar-refractivity contribution is 5.90. The number of aryl methyl sites for hydroxylation is 3. The smallest absolute Gasteiger partial charge is 0.224 e. The van der Waals surface area contributed by atoms with Crippen LogP contribution in [0.2, 0.25) is 0 Å². The van der Waals surface area contributed by atoms with Gasteiger partial charge >= 0.3 is 0 Å². The average molecular weight is 486 g/mol. The fourth-order valence-corrected chi connectivity index (χ4v) is 4.40. The summed E-state index contributed by atoms with van der Waals surface area (Å²) in [6, 6.07) is 18.0. The molecule has 9 nitrogen and oxygen atoms in total. The van der Waals surface area contributed by atoms with E-state index in [9.17, 15) is 4.79 Å². The molecule has 4 aromatic rings. The molecule has 0 radical (unpaired) electrons. The van der Waals surface area contributed by atoms with Crippen molar-refractivity contribution in [2.24, 2.45) is 0 Å². The summed E-state index contributed by atoms with van der Waals surface area (Å²) in [7, 11) is 1.68. The second-order valence-electron chi connectivity index (χ2n) is 9.10. The number of hydrogen-bond donors (Lipinski definition) is 1. The number of benzene rings is 2. The van der Waals surface area contributed by atoms with Crippen molar-refractivity contribution in [3.63, 3.8) is 0 Å². The van der Waals surface area contributed by atoms with Gasteiger partial charge in [0.1, 0.15) is 11.6 Å². The minimum atomic E-state index is -0.0548. The van der Waals surface area contributed by atoms with Crippen LogP contribution in [0.3, 0.4) is 0 Å². The van der Waals surface area contributed by atoms with E-state index < -0.39 is 0 Å². The second-order valence-corrected chi connectivity index (χ2v) is 9.10. The maximum absolute atomic E-state index is 12.5. The number of piperazine rings is 1. The van der Waals surface area contributed by atoms with Gasteiger partial charge in [0.2, 0.25) is 5.91 Å². The first kappa shape index (κ1) is 23.6. The number of nitrogens with one attached hydrogen (secondary N) is 1. The van der Waals surface area contributed by atoms with Crippen LogP contribution in [0.25, 0.3) is 5.65 Å². The third-order valence-corrected chi connectivity index (χ3v) is 6.72. The number of amides is 1. The molecule has 1 N–H and O–H groups in total. The maximum Gasteiger partial charge on any atom is 0.224 e. The SMILES string of the molecule is COc1ccc(N2CCN(c3ccc4nnc(CCC(=O)Nc5ccc(C)c(C)c5)n4n3)CC2)cc1. The number of carbonyl (C=O) groups is 1. The molecule has 1 saturated heterocycles. The van der Waals surface area contributed by atoms with Crippen LogP contribution in [-0.4, -0.2) is 59.0 Å². The molecule has 186 valence electrons. The van der Waals surface area contributed by atoms with E-state index in [4.69, 9.17) is 9.84 Å². The third kappa shape index (κ3) is 5.10. The molecule has 1 aliphatic heterocycles. The van der Waals surface area contributed by atoms with Crippen LogP contribution in [0.1, 0.15) is 23.4 Å². The lowest BCUT2D eigenvalue weighted by molar-refractivity contribution is -0.116. The number of anilines is 3. The van der Waals surface area contributed by atoms with Crippen LogP contribution in [0.15, 0.2) is 54.6 Å². The molecular formula is C27H31N7O2. The van der Waals surface area contributed by atoms with Crippen LogP contribution in [0.5, 0.6) is 5.75 Å². The molecule has 0 saturated carbocycles. The Labute approximate surface area is 210 Å². The molecule has 5 rings (SSSR count). The minimum absolute atomic E-state index is 0.0548. The zero-order chi connectivity index (χ0) is 25.1. The van der Waals surface area contributed by atoms with Crippen LogP contribution in [0, 0.1) is 13.8 Å². The summed E-state index contributed by atoms with van der Waals surface area (Å²) in [4.78, 5) is 17.2. The number of carbonyl (C=O) groups excluding carboxylic acids is 1. The molecule has 0 unspecified atom stereocenters. The molecule has 1 aliphatic rings. The second kappa shape index (κ2) is 10.2. The van der Waals surface area contributed by atoms with Crippen molar-refractivity contribution in [3.8, 4) is 5.75 Å². The van der Waals surface area contributed by atoms with Gasteiger partial charge in [-0.1, -0.05) is 6.07 Å². The topological polar surface area (TPSA) is 87.9 Å². The molecule has 3 heterocycles. The maximum atomic E-state index is 12.5. The Morgan fingerprint density at radius 2 is 1.67 bits per heavy atom. The quantitative estimate of drug-likeness (QED) is 0.428. The Kier molecular flexibility index (Phi) is 6.71. The standard InChI is InChI=1S/C27H31N7O2/c1-19-4-5-21(18-20(19)2)28-27(35)13-12-25-30-29-24-10-11-26(31-34(24)25)33-16-14-32(15-17-33)22-6-8-23(36-3)9-7-22/h4-11,18H,12-17H2,1-3H3,(H,28,35). The Morgan fingerprint density at radius 3 is 2.39 bits per heavy atom. The third-order valence-electron chi connectivity index (χ3n) is 6.72. The predicted octanol–water partition coefficient (Wildman–Crippen LogP) is 3.65. The van der Waals surface area contributed by atoms with Crippen molar-refractivity contribution in [1.82, 2.24) is 19.8 Å². The van der Waals surface area contributed by atoms with E-state index in [1.54, 1.807) is 11.6 Å². The summed E-state index contributed by atoms with van der Waals surface area (Å²) in [5.74, 6) is 2.37. The van der Waals surface area contributed by atoms with Crippen LogP contribution in [-0.2, 0) is 11.2 Å². The lowest BCUT2D eigenvalue weighted by Gasteiger charge is -2.36. The van der Waals surface area contributed by atoms with Crippen molar-refractivity contribution in [2.45, 2.75) is 26.7 Å². The van der Waals surface area contributed by atoms with Gasteiger partial charge in [0, 0.05) is 50.4 Å². The fourth-order valence-electron chi connectivity index (χ4n) is 4.40. The van der Waals surface area contributed by atoms with E-state index in [0.29, 0.717) is 24.3 Å². The summed E-state index contributed by atoms with van der Waals surface area (Å²) in [6.45, 7) is 7.62. The zero-order valence-corrected chi connectivity index (χ0v) is 20.9. The van der Waals surface area contributed by atoms with Gasteiger partial charge in [-0.3, -0.25) is 4.79 Å². The van der Waals surface area contributed by atoms with Gasteiger partial charge in [-0.15, -0.1) is 15.3 Å². The summed E-state index contributed by atoms with van der Waals surface area (Å²) < 4.78 is 7.02. The molecule has 1 amide bonds. The minimum Gasteiger partial charge on any atom is -0.497 e. The number of methoxy groups -OCH3 is 1. The number of ether oxygens (including phenoxy) is 1. The molecule has 0 aliphatic carbocycles.